The normalized spacial score (nSPS) is 11.0. The minimum absolute atomic E-state index is 0.0905. The van der Waals surface area contributed by atoms with Crippen molar-refractivity contribution >= 4 is 5.69 Å². The number of hydrogen-bond acceptors (Lipinski definition) is 1. The highest BCUT2D eigenvalue weighted by Crippen LogP contribution is 2.25. The summed E-state index contributed by atoms with van der Waals surface area (Å²) in [5.74, 6) is -6.23. The lowest BCUT2D eigenvalue weighted by Gasteiger charge is -2.11. The molecule has 0 aromatic heterocycles. The standard InChI is InChI=1S/C14H9F6N/c15-9-5-10(16)12(18)13(11(9)17)21-6-7-2-1-3-8(4-7)14(19)20/h1-5,14,21H,6H2. The molecule has 0 atom stereocenters. The molecular weight excluding hydrogens is 296 g/mol. The smallest absolute Gasteiger partial charge is 0.263 e. The summed E-state index contributed by atoms with van der Waals surface area (Å²) < 4.78 is 77.8. The van der Waals surface area contributed by atoms with Gasteiger partial charge in [0, 0.05) is 18.2 Å². The molecule has 0 saturated carbocycles. The molecule has 2 rings (SSSR count). The Kier molecular flexibility index (Phi) is 4.40. The van der Waals surface area contributed by atoms with Crippen LogP contribution in [-0.4, -0.2) is 0 Å². The Morgan fingerprint density at radius 1 is 0.905 bits per heavy atom. The molecule has 0 bridgehead atoms. The van der Waals surface area contributed by atoms with Crippen LogP contribution in [0.3, 0.4) is 0 Å². The molecule has 0 fully saturated rings. The van der Waals surface area contributed by atoms with Crippen molar-refractivity contribution in [1.82, 2.24) is 0 Å². The quantitative estimate of drug-likeness (QED) is 0.632. The summed E-state index contributed by atoms with van der Waals surface area (Å²) in [7, 11) is 0. The van der Waals surface area contributed by atoms with Crippen LogP contribution in [-0.2, 0) is 6.54 Å². The van der Waals surface area contributed by atoms with Crippen molar-refractivity contribution in [3.05, 3.63) is 64.7 Å². The Morgan fingerprint density at radius 2 is 1.52 bits per heavy atom. The molecule has 0 amide bonds. The molecule has 0 unspecified atom stereocenters. The molecule has 0 aliphatic heterocycles. The average Bonchev–Trinajstić information content (AvgIpc) is 2.45. The maximum absolute atomic E-state index is 13.4. The van der Waals surface area contributed by atoms with Crippen LogP contribution < -0.4 is 5.32 Å². The molecular formula is C14H9F6N. The molecule has 0 spiro atoms. The van der Waals surface area contributed by atoms with Gasteiger partial charge in [0.15, 0.2) is 23.3 Å². The van der Waals surface area contributed by atoms with Crippen molar-refractivity contribution in [1.29, 1.82) is 0 Å². The Balaban J connectivity index is 2.23. The van der Waals surface area contributed by atoms with Gasteiger partial charge in [-0.2, -0.15) is 0 Å². The third-order valence-corrected chi connectivity index (χ3v) is 2.78. The Hall–Kier alpha value is -2.18. The highest BCUT2D eigenvalue weighted by molar-refractivity contribution is 5.47. The second-order valence-corrected chi connectivity index (χ2v) is 4.24. The van der Waals surface area contributed by atoms with Crippen LogP contribution in [0, 0.1) is 23.3 Å². The number of alkyl halides is 2. The van der Waals surface area contributed by atoms with Crippen LogP contribution in [0.2, 0.25) is 0 Å². The van der Waals surface area contributed by atoms with E-state index in [0.717, 1.165) is 6.07 Å². The number of anilines is 1. The molecule has 0 radical (unpaired) electrons. The second-order valence-electron chi connectivity index (χ2n) is 4.24. The van der Waals surface area contributed by atoms with Crippen molar-refractivity contribution in [2.75, 3.05) is 5.32 Å². The molecule has 0 aliphatic carbocycles. The minimum atomic E-state index is -2.69. The maximum Gasteiger partial charge on any atom is 0.263 e. The molecule has 112 valence electrons. The molecule has 21 heavy (non-hydrogen) atoms. The number of nitrogens with one attached hydrogen (secondary N) is 1. The highest BCUT2D eigenvalue weighted by atomic mass is 19.3. The Bertz CT molecular complexity index is 630. The van der Waals surface area contributed by atoms with Crippen LogP contribution in [0.4, 0.5) is 32.0 Å². The van der Waals surface area contributed by atoms with E-state index < -0.39 is 35.4 Å². The van der Waals surface area contributed by atoms with Gasteiger partial charge < -0.3 is 5.32 Å². The van der Waals surface area contributed by atoms with Crippen molar-refractivity contribution in [2.45, 2.75) is 13.0 Å². The second kappa shape index (κ2) is 6.07. The number of halogens is 6. The first-order chi connectivity index (χ1) is 9.90. The van der Waals surface area contributed by atoms with Gasteiger partial charge in [-0.05, 0) is 11.6 Å². The first kappa shape index (κ1) is 15.2. The zero-order valence-corrected chi connectivity index (χ0v) is 10.4. The van der Waals surface area contributed by atoms with E-state index in [4.69, 9.17) is 0 Å². The van der Waals surface area contributed by atoms with Crippen LogP contribution in [0.1, 0.15) is 17.6 Å². The average molecular weight is 305 g/mol. The van der Waals surface area contributed by atoms with Gasteiger partial charge in [0.05, 0.1) is 0 Å². The zero-order chi connectivity index (χ0) is 15.6. The summed E-state index contributed by atoms with van der Waals surface area (Å²) in [6.07, 6.45) is -2.69. The molecule has 0 saturated heterocycles. The maximum atomic E-state index is 13.4. The van der Waals surface area contributed by atoms with Crippen LogP contribution in [0.25, 0.3) is 0 Å². The third-order valence-electron chi connectivity index (χ3n) is 2.78. The van der Waals surface area contributed by atoms with Gasteiger partial charge in [0.2, 0.25) is 0 Å². The van der Waals surface area contributed by atoms with Crippen LogP contribution >= 0.6 is 0 Å². The minimum Gasteiger partial charge on any atom is -0.376 e. The van der Waals surface area contributed by atoms with Crippen LogP contribution in [0.5, 0.6) is 0 Å². The van der Waals surface area contributed by atoms with Crippen molar-refractivity contribution in [3.8, 4) is 0 Å². The number of benzene rings is 2. The molecule has 2 aromatic rings. The van der Waals surface area contributed by atoms with E-state index in [1.54, 1.807) is 0 Å². The summed E-state index contributed by atoms with van der Waals surface area (Å²) in [5, 5.41) is 2.17. The fourth-order valence-electron chi connectivity index (χ4n) is 1.76. The molecule has 0 heterocycles. The first-order valence-electron chi connectivity index (χ1n) is 5.84. The Morgan fingerprint density at radius 3 is 2.10 bits per heavy atom. The Labute approximate surface area is 116 Å². The van der Waals surface area contributed by atoms with Crippen molar-refractivity contribution in [3.63, 3.8) is 0 Å². The van der Waals surface area contributed by atoms with E-state index in [0.29, 0.717) is 0 Å². The van der Waals surface area contributed by atoms with Gasteiger partial charge >= 0.3 is 0 Å². The van der Waals surface area contributed by atoms with E-state index in [2.05, 4.69) is 5.32 Å². The van der Waals surface area contributed by atoms with Gasteiger partial charge in [0.25, 0.3) is 6.43 Å². The van der Waals surface area contributed by atoms with E-state index in [9.17, 15) is 26.3 Å². The molecule has 1 nitrogen and oxygen atoms in total. The van der Waals surface area contributed by atoms with E-state index in [-0.39, 0.29) is 23.7 Å². The largest absolute Gasteiger partial charge is 0.376 e. The summed E-state index contributed by atoms with van der Waals surface area (Å²) in [5.41, 5.74) is -0.952. The van der Waals surface area contributed by atoms with Gasteiger partial charge in [-0.25, -0.2) is 26.3 Å². The molecule has 7 heteroatoms. The fraction of sp³-hybridized carbons (Fsp3) is 0.143. The predicted octanol–water partition coefficient (Wildman–Crippen LogP) is 4.79. The SMILES string of the molecule is Fc1cc(F)c(F)c(NCc2cccc(C(F)F)c2)c1F. The lowest BCUT2D eigenvalue weighted by atomic mass is 10.1. The fourth-order valence-corrected chi connectivity index (χ4v) is 1.76. The summed E-state index contributed by atoms with van der Waals surface area (Å²) in [4.78, 5) is 0. The van der Waals surface area contributed by atoms with E-state index in [1.807, 2.05) is 0 Å². The molecule has 1 N–H and O–H groups in total. The lowest BCUT2D eigenvalue weighted by Crippen LogP contribution is -2.07. The van der Waals surface area contributed by atoms with Gasteiger partial charge in [-0.1, -0.05) is 18.2 Å². The molecule has 0 aliphatic rings. The first-order valence-corrected chi connectivity index (χ1v) is 5.84. The van der Waals surface area contributed by atoms with Gasteiger partial charge in [-0.3, -0.25) is 0 Å². The van der Waals surface area contributed by atoms with Gasteiger partial charge in [0.1, 0.15) is 5.69 Å². The zero-order valence-electron chi connectivity index (χ0n) is 10.4. The predicted molar refractivity (Wildman–Crippen MR) is 65.0 cm³/mol. The summed E-state index contributed by atoms with van der Waals surface area (Å²) in [6.45, 7) is -0.267. The topological polar surface area (TPSA) is 12.0 Å². The lowest BCUT2D eigenvalue weighted by molar-refractivity contribution is 0.151. The third kappa shape index (κ3) is 3.29. The van der Waals surface area contributed by atoms with E-state index in [1.165, 1.54) is 18.2 Å². The van der Waals surface area contributed by atoms with Gasteiger partial charge in [-0.15, -0.1) is 0 Å². The van der Waals surface area contributed by atoms with E-state index >= 15 is 0 Å². The van der Waals surface area contributed by atoms with Crippen molar-refractivity contribution < 1.29 is 26.3 Å². The highest BCUT2D eigenvalue weighted by Gasteiger charge is 2.18. The number of rotatable bonds is 4. The summed E-state index contributed by atoms with van der Waals surface area (Å²) in [6, 6.07) is 5.19. The van der Waals surface area contributed by atoms with Crippen LogP contribution in [0.15, 0.2) is 30.3 Å². The molecule has 2 aromatic carbocycles. The van der Waals surface area contributed by atoms with Crippen molar-refractivity contribution in [2.24, 2.45) is 0 Å². The monoisotopic (exact) mass is 305 g/mol. The summed E-state index contributed by atoms with van der Waals surface area (Å²) >= 11 is 0. The number of hydrogen-bond donors (Lipinski definition) is 1.